The molecule has 7 aliphatic carbocycles. The van der Waals surface area contributed by atoms with Crippen molar-refractivity contribution in [2.75, 3.05) is 4.90 Å². The molecule has 0 saturated carbocycles. The zero-order valence-electron chi connectivity index (χ0n) is 42.5. The molecular formula is C72H66N2. The fourth-order valence-corrected chi connectivity index (χ4v) is 12.0. The minimum absolute atomic E-state index is 0.243. The van der Waals surface area contributed by atoms with Crippen molar-refractivity contribution in [3.05, 3.63) is 311 Å². The SMILES string of the molecule is C1=CCCC(C2=CC=CC(C3=CCC(N(C4=CCC(c5ccc(N(c6ccc(-c7ccccc7)cc6)c6ccc(C7C=CC=CC7)cc6)cc5)C=C4)C4=CC=C(c5cccc(C6C=CC=CC6)c5)CC4)C=C3)C2)=C1. The summed E-state index contributed by atoms with van der Waals surface area (Å²) in [6, 6.07) is 47.7. The molecule has 2 heteroatoms. The van der Waals surface area contributed by atoms with Gasteiger partial charge in [-0.2, -0.15) is 0 Å². The lowest BCUT2D eigenvalue weighted by atomic mass is 9.81. The smallest absolute Gasteiger partial charge is 0.0556 e. The molecule has 0 heterocycles. The predicted molar refractivity (Wildman–Crippen MR) is 313 cm³/mol. The third kappa shape index (κ3) is 10.5. The molecule has 0 amide bonds. The van der Waals surface area contributed by atoms with Crippen LogP contribution in [0.25, 0.3) is 16.7 Å². The number of benzene rings is 5. The van der Waals surface area contributed by atoms with E-state index in [0.29, 0.717) is 23.7 Å². The van der Waals surface area contributed by atoms with Crippen LogP contribution in [0.3, 0.4) is 0 Å². The van der Waals surface area contributed by atoms with Gasteiger partial charge in [-0.3, -0.25) is 0 Å². The largest absolute Gasteiger partial charge is 0.338 e. The predicted octanol–water partition coefficient (Wildman–Crippen LogP) is 19.0. The van der Waals surface area contributed by atoms with E-state index < -0.39 is 0 Å². The maximum Gasteiger partial charge on any atom is 0.0556 e. The van der Waals surface area contributed by atoms with Gasteiger partial charge in [-0.25, -0.2) is 0 Å². The molecule has 0 fully saturated rings. The normalized spacial score (nSPS) is 22.8. The molecule has 0 radical (unpaired) electrons. The Morgan fingerprint density at radius 3 is 1.68 bits per heavy atom. The van der Waals surface area contributed by atoms with Gasteiger partial charge in [0, 0.05) is 52.1 Å². The van der Waals surface area contributed by atoms with E-state index in [1.807, 2.05) is 0 Å². The third-order valence-corrected chi connectivity index (χ3v) is 16.2. The molecule has 5 aromatic rings. The summed E-state index contributed by atoms with van der Waals surface area (Å²) in [5, 5.41) is 0. The highest BCUT2D eigenvalue weighted by molar-refractivity contribution is 5.79. The fourth-order valence-electron chi connectivity index (χ4n) is 12.0. The summed E-state index contributed by atoms with van der Waals surface area (Å²) in [5.41, 5.74) is 19.9. The first-order valence-electron chi connectivity index (χ1n) is 27.3. The van der Waals surface area contributed by atoms with Crippen molar-refractivity contribution in [3.63, 3.8) is 0 Å². The van der Waals surface area contributed by atoms with Crippen molar-refractivity contribution in [2.24, 2.45) is 5.92 Å². The summed E-state index contributed by atoms with van der Waals surface area (Å²) in [4.78, 5) is 5.06. The van der Waals surface area contributed by atoms with Gasteiger partial charge in [-0.1, -0.05) is 213 Å². The van der Waals surface area contributed by atoms with Crippen molar-refractivity contribution in [1.82, 2.24) is 4.90 Å². The molecule has 12 rings (SSSR count). The number of allylic oxidation sites excluding steroid dienone is 25. The molecule has 0 N–H and O–H groups in total. The van der Waals surface area contributed by atoms with Crippen LogP contribution in [0.5, 0.6) is 0 Å². The maximum atomic E-state index is 2.66. The summed E-state index contributed by atoms with van der Waals surface area (Å²) < 4.78 is 0. The Balaban J connectivity index is 0.797. The van der Waals surface area contributed by atoms with Gasteiger partial charge in [0.1, 0.15) is 0 Å². The highest BCUT2D eigenvalue weighted by atomic mass is 15.2. The molecule has 2 nitrogen and oxygen atoms in total. The van der Waals surface area contributed by atoms with E-state index in [1.54, 1.807) is 0 Å². The lowest BCUT2D eigenvalue weighted by Gasteiger charge is -2.38. The molecule has 5 atom stereocenters. The van der Waals surface area contributed by atoms with Crippen LogP contribution in [0.1, 0.15) is 97.8 Å². The van der Waals surface area contributed by atoms with Gasteiger partial charge in [0.25, 0.3) is 0 Å². The first-order chi connectivity index (χ1) is 36.7. The van der Waals surface area contributed by atoms with Crippen LogP contribution in [-0.2, 0) is 0 Å². The van der Waals surface area contributed by atoms with E-state index in [1.165, 1.54) is 67.1 Å². The highest BCUT2D eigenvalue weighted by Gasteiger charge is 2.28. The van der Waals surface area contributed by atoms with E-state index in [9.17, 15) is 0 Å². The number of anilines is 3. The van der Waals surface area contributed by atoms with Crippen molar-refractivity contribution in [2.45, 2.75) is 81.6 Å². The first kappa shape index (κ1) is 47.1. The van der Waals surface area contributed by atoms with Crippen molar-refractivity contribution in [1.29, 1.82) is 0 Å². The van der Waals surface area contributed by atoms with Crippen molar-refractivity contribution < 1.29 is 0 Å². The minimum atomic E-state index is 0.243. The molecule has 0 spiro atoms. The molecular weight excluding hydrogens is 893 g/mol. The lowest BCUT2D eigenvalue weighted by molar-refractivity contribution is 0.354. The Morgan fingerprint density at radius 1 is 0.392 bits per heavy atom. The lowest BCUT2D eigenvalue weighted by Crippen LogP contribution is -2.34. The molecule has 0 saturated heterocycles. The Bertz CT molecular complexity index is 3290. The molecule has 364 valence electrons. The Hall–Kier alpha value is -7.94. The van der Waals surface area contributed by atoms with Crippen LogP contribution in [0, 0.1) is 5.92 Å². The second-order valence-electron chi connectivity index (χ2n) is 20.8. The average Bonchev–Trinajstić information content (AvgIpc) is 3.49. The fraction of sp³-hybridized carbons (Fsp3) is 0.194. The van der Waals surface area contributed by atoms with Crippen molar-refractivity contribution in [3.8, 4) is 11.1 Å². The zero-order valence-corrected chi connectivity index (χ0v) is 42.5. The summed E-state index contributed by atoms with van der Waals surface area (Å²) in [6.45, 7) is 0. The second kappa shape index (κ2) is 22.0. The average molecular weight is 959 g/mol. The maximum absolute atomic E-state index is 2.66. The Kier molecular flexibility index (Phi) is 14.0. The van der Waals surface area contributed by atoms with E-state index in [0.717, 1.165) is 74.8 Å². The second-order valence-corrected chi connectivity index (χ2v) is 20.8. The molecule has 0 bridgehead atoms. The number of nitrogens with zero attached hydrogens (tertiary/aromatic N) is 2. The van der Waals surface area contributed by atoms with E-state index >= 15 is 0 Å². The zero-order chi connectivity index (χ0) is 49.5. The van der Waals surface area contributed by atoms with Crippen LogP contribution < -0.4 is 4.90 Å². The van der Waals surface area contributed by atoms with Gasteiger partial charge in [0.15, 0.2) is 0 Å². The summed E-state index contributed by atoms with van der Waals surface area (Å²) in [5.74, 6) is 1.57. The van der Waals surface area contributed by atoms with Gasteiger partial charge >= 0.3 is 0 Å². The molecule has 5 unspecified atom stereocenters. The monoisotopic (exact) mass is 959 g/mol. The standard InChI is InChI=1S/C72H66N2/c1-5-15-53(16-6-1)57-27-39-67(40-28-57)73(68-41-29-58(30-42-68)54-17-7-2-8-18-54)69-43-31-59(32-44-69)60-33-45-70(46-34-60)74(71-47-35-61(36-48-71)65-25-13-23-63(51-65)55-19-9-3-10-20-55)72-49-37-62(38-50-72)66-26-14-24-64(52-66)56-21-11-4-12-22-56/h1-11,13-17,19,21,23-33,35,37-47,49,51,54-55,60,66,72H,12,18,20,22,34,36,48,50,52H2. The summed E-state index contributed by atoms with van der Waals surface area (Å²) in [6.07, 6.45) is 60.9. The number of hydrogen-bond acceptors (Lipinski definition) is 2. The summed E-state index contributed by atoms with van der Waals surface area (Å²) >= 11 is 0. The van der Waals surface area contributed by atoms with Gasteiger partial charge in [0.2, 0.25) is 0 Å². The highest BCUT2D eigenvalue weighted by Crippen LogP contribution is 2.42. The van der Waals surface area contributed by atoms with Crippen LogP contribution in [-0.4, -0.2) is 10.9 Å². The van der Waals surface area contributed by atoms with Crippen molar-refractivity contribution >= 4 is 22.6 Å². The van der Waals surface area contributed by atoms with E-state index in [2.05, 4.69) is 271 Å². The quantitative estimate of drug-likeness (QED) is 0.116. The van der Waals surface area contributed by atoms with E-state index in [4.69, 9.17) is 0 Å². The topological polar surface area (TPSA) is 6.48 Å². The molecule has 74 heavy (non-hydrogen) atoms. The van der Waals surface area contributed by atoms with Gasteiger partial charge in [-0.15, -0.1) is 0 Å². The Labute approximate surface area is 440 Å². The van der Waals surface area contributed by atoms with E-state index in [-0.39, 0.29) is 6.04 Å². The number of rotatable bonds is 13. The van der Waals surface area contributed by atoms with Crippen LogP contribution in [0.4, 0.5) is 17.1 Å². The van der Waals surface area contributed by atoms with Crippen LogP contribution >= 0.6 is 0 Å². The van der Waals surface area contributed by atoms with Crippen LogP contribution in [0.2, 0.25) is 0 Å². The Morgan fingerprint density at radius 2 is 1.05 bits per heavy atom. The van der Waals surface area contributed by atoms with Gasteiger partial charge in [-0.05, 0) is 162 Å². The minimum Gasteiger partial charge on any atom is -0.338 e. The molecule has 5 aromatic carbocycles. The molecule has 7 aliphatic rings. The summed E-state index contributed by atoms with van der Waals surface area (Å²) in [7, 11) is 0. The third-order valence-electron chi connectivity index (χ3n) is 16.2. The van der Waals surface area contributed by atoms with Crippen LogP contribution in [0.15, 0.2) is 289 Å². The molecule has 0 aromatic heterocycles. The van der Waals surface area contributed by atoms with Gasteiger partial charge in [0.05, 0.1) is 6.04 Å². The first-order valence-corrected chi connectivity index (χ1v) is 27.3. The molecule has 0 aliphatic heterocycles. The van der Waals surface area contributed by atoms with Gasteiger partial charge < -0.3 is 9.80 Å². The number of hydrogen-bond donors (Lipinski definition) is 0.